The lowest BCUT2D eigenvalue weighted by Crippen LogP contribution is -2.61. The maximum Gasteiger partial charge on any atom is 0.405 e. The zero-order valence-electron chi connectivity index (χ0n) is 22.5. The number of nitrogens with zero attached hydrogens (tertiary/aromatic N) is 2. The van der Waals surface area contributed by atoms with E-state index in [1.165, 1.54) is 23.1 Å². The number of anilines is 1. The van der Waals surface area contributed by atoms with Crippen LogP contribution in [-0.2, 0) is 11.2 Å². The van der Waals surface area contributed by atoms with Crippen LogP contribution in [0.15, 0.2) is 48.5 Å². The Labute approximate surface area is 238 Å². The van der Waals surface area contributed by atoms with Crippen molar-refractivity contribution in [2.75, 3.05) is 24.5 Å². The molecular formula is C31H26F5N3O3. The van der Waals surface area contributed by atoms with Gasteiger partial charge in [0.25, 0.3) is 11.8 Å². The van der Waals surface area contributed by atoms with Crippen LogP contribution in [0, 0.1) is 11.6 Å². The number of carbonyl (C=O) groups is 3. The molecule has 0 spiro atoms. The van der Waals surface area contributed by atoms with Crippen LogP contribution < -0.4 is 10.2 Å². The molecule has 1 fully saturated rings. The molecule has 1 N–H and O–H groups in total. The first kappa shape index (κ1) is 27.9. The minimum absolute atomic E-state index is 0.173. The molecular weight excluding hydrogens is 557 g/mol. The van der Waals surface area contributed by atoms with Gasteiger partial charge in [0.05, 0.1) is 28.8 Å². The molecule has 1 aliphatic carbocycles. The number of halogens is 5. The van der Waals surface area contributed by atoms with Crippen molar-refractivity contribution in [2.24, 2.45) is 0 Å². The molecule has 218 valence electrons. The summed E-state index contributed by atoms with van der Waals surface area (Å²) in [5.74, 6) is -4.39. The third kappa shape index (κ3) is 4.51. The molecule has 0 saturated carbocycles. The van der Waals surface area contributed by atoms with E-state index in [9.17, 15) is 31.9 Å². The van der Waals surface area contributed by atoms with Gasteiger partial charge in [0.1, 0.15) is 18.2 Å². The zero-order chi connectivity index (χ0) is 29.9. The third-order valence-electron chi connectivity index (χ3n) is 8.19. The van der Waals surface area contributed by atoms with Crippen LogP contribution in [-0.4, -0.2) is 54.5 Å². The Morgan fingerprint density at radius 1 is 0.952 bits per heavy atom. The quantitative estimate of drug-likeness (QED) is 0.291. The molecule has 1 unspecified atom stereocenters. The molecule has 1 saturated heterocycles. The number of fused-ring (bicyclic) bond motifs is 4. The van der Waals surface area contributed by atoms with E-state index in [2.05, 4.69) is 0 Å². The summed E-state index contributed by atoms with van der Waals surface area (Å²) >= 11 is 0. The van der Waals surface area contributed by atoms with Crippen molar-refractivity contribution in [1.82, 2.24) is 10.2 Å². The highest BCUT2D eigenvalue weighted by atomic mass is 19.4. The van der Waals surface area contributed by atoms with Gasteiger partial charge < -0.3 is 10.2 Å². The van der Waals surface area contributed by atoms with Gasteiger partial charge in [-0.2, -0.15) is 13.2 Å². The second kappa shape index (κ2) is 10.2. The number of imide groups is 1. The molecule has 0 bridgehead atoms. The highest BCUT2D eigenvalue weighted by Crippen LogP contribution is 2.50. The lowest BCUT2D eigenvalue weighted by molar-refractivity contribution is -0.138. The number of amides is 3. The largest absolute Gasteiger partial charge is 0.405 e. The minimum Gasteiger partial charge on any atom is -0.365 e. The van der Waals surface area contributed by atoms with Crippen molar-refractivity contribution < 1.29 is 36.3 Å². The standard InChI is InChI=1S/C31H26F5N3O3/c1-2-3-6-21-25-23(18-10-9-16(32)11-22(18)26(25)28(40)37-15-31(34,35)36)12-24(27(21)33)38-13-17(14-38)39-29(41)19-7-4-5-8-20(19)30(39)42/h4-5,7-12,17,26H,2-3,6,13-15H2,1H3,(H,37,40). The highest BCUT2D eigenvalue weighted by molar-refractivity contribution is 6.21. The molecule has 2 aliphatic heterocycles. The van der Waals surface area contributed by atoms with Crippen LogP contribution in [0.2, 0.25) is 0 Å². The van der Waals surface area contributed by atoms with E-state index in [0.29, 0.717) is 35.1 Å². The van der Waals surface area contributed by atoms with E-state index < -0.39 is 54.0 Å². The number of nitrogens with one attached hydrogen (secondary N) is 1. The minimum atomic E-state index is -4.66. The molecule has 2 heterocycles. The SMILES string of the molecule is CCCCc1c(F)c(N2CC(N3C(=O)c4ccccc4C3=O)C2)cc2c1C(C(=O)NCC(F)(F)F)c1cc(F)ccc1-2. The summed E-state index contributed by atoms with van der Waals surface area (Å²) in [6, 6.07) is 11.3. The molecule has 3 aromatic carbocycles. The van der Waals surface area contributed by atoms with Crippen molar-refractivity contribution >= 4 is 23.4 Å². The maximum absolute atomic E-state index is 16.3. The Balaban J connectivity index is 1.37. The van der Waals surface area contributed by atoms with Gasteiger partial charge in [-0.05, 0) is 71.0 Å². The number of unbranched alkanes of at least 4 members (excludes halogenated alkanes) is 1. The third-order valence-corrected chi connectivity index (χ3v) is 8.19. The Bertz CT molecular complexity index is 1600. The lowest BCUT2D eigenvalue weighted by atomic mass is 9.88. The molecule has 0 aromatic heterocycles. The summed E-state index contributed by atoms with van der Waals surface area (Å²) in [4.78, 5) is 41.9. The topological polar surface area (TPSA) is 69.7 Å². The fourth-order valence-electron chi connectivity index (χ4n) is 6.18. The smallest absolute Gasteiger partial charge is 0.365 e. The van der Waals surface area contributed by atoms with Crippen molar-refractivity contribution in [3.63, 3.8) is 0 Å². The zero-order valence-corrected chi connectivity index (χ0v) is 22.5. The van der Waals surface area contributed by atoms with Gasteiger partial charge in [-0.15, -0.1) is 0 Å². The number of carbonyl (C=O) groups excluding carboxylic acids is 3. The molecule has 6 rings (SSSR count). The summed E-state index contributed by atoms with van der Waals surface area (Å²) < 4.78 is 69.5. The van der Waals surface area contributed by atoms with Crippen molar-refractivity contribution in [3.8, 4) is 11.1 Å². The van der Waals surface area contributed by atoms with E-state index in [0.717, 1.165) is 6.07 Å². The summed E-state index contributed by atoms with van der Waals surface area (Å²) in [5.41, 5.74) is 2.33. The second-order valence-corrected chi connectivity index (χ2v) is 10.8. The van der Waals surface area contributed by atoms with Crippen LogP contribution in [0.1, 0.15) is 63.1 Å². The highest BCUT2D eigenvalue weighted by Gasteiger charge is 2.46. The van der Waals surface area contributed by atoms with Gasteiger partial charge >= 0.3 is 6.18 Å². The Hall–Kier alpha value is -4.28. The molecule has 3 aliphatic rings. The summed E-state index contributed by atoms with van der Waals surface area (Å²) in [5, 5.41) is 1.89. The second-order valence-electron chi connectivity index (χ2n) is 10.8. The number of rotatable bonds is 7. The molecule has 6 nitrogen and oxygen atoms in total. The van der Waals surface area contributed by atoms with E-state index in [1.807, 2.05) is 12.2 Å². The summed E-state index contributed by atoms with van der Waals surface area (Å²) in [6.07, 6.45) is -3.20. The van der Waals surface area contributed by atoms with Crippen LogP contribution in [0.3, 0.4) is 0 Å². The average molecular weight is 584 g/mol. The maximum atomic E-state index is 16.3. The van der Waals surface area contributed by atoms with Gasteiger partial charge in [0, 0.05) is 13.1 Å². The first-order chi connectivity index (χ1) is 20.0. The molecule has 11 heteroatoms. The van der Waals surface area contributed by atoms with Crippen LogP contribution >= 0.6 is 0 Å². The van der Waals surface area contributed by atoms with E-state index in [1.54, 1.807) is 29.2 Å². The van der Waals surface area contributed by atoms with Crippen LogP contribution in [0.4, 0.5) is 27.6 Å². The first-order valence-corrected chi connectivity index (χ1v) is 13.7. The van der Waals surface area contributed by atoms with Gasteiger partial charge in [0.2, 0.25) is 5.91 Å². The first-order valence-electron chi connectivity index (χ1n) is 13.7. The number of hydrogen-bond donors (Lipinski definition) is 1. The predicted molar refractivity (Wildman–Crippen MR) is 144 cm³/mol. The van der Waals surface area contributed by atoms with Gasteiger partial charge in [0.15, 0.2) is 0 Å². The van der Waals surface area contributed by atoms with Gasteiger partial charge in [-0.25, -0.2) is 8.78 Å². The average Bonchev–Trinajstić information content (AvgIpc) is 3.37. The number of benzene rings is 3. The van der Waals surface area contributed by atoms with Crippen LogP contribution in [0.5, 0.6) is 0 Å². The van der Waals surface area contributed by atoms with Gasteiger partial charge in [-0.1, -0.05) is 31.5 Å². The van der Waals surface area contributed by atoms with E-state index in [4.69, 9.17) is 0 Å². The number of hydrogen-bond acceptors (Lipinski definition) is 4. The lowest BCUT2D eigenvalue weighted by Gasteiger charge is -2.44. The van der Waals surface area contributed by atoms with Crippen molar-refractivity contribution in [2.45, 2.75) is 44.3 Å². The van der Waals surface area contributed by atoms with Crippen molar-refractivity contribution in [1.29, 1.82) is 0 Å². The Kier molecular flexibility index (Phi) is 6.78. The molecule has 3 amide bonds. The Morgan fingerprint density at radius 2 is 1.62 bits per heavy atom. The normalized spacial score (nSPS) is 17.7. The monoisotopic (exact) mass is 583 g/mol. The van der Waals surface area contributed by atoms with E-state index >= 15 is 4.39 Å². The molecule has 42 heavy (non-hydrogen) atoms. The fourth-order valence-corrected chi connectivity index (χ4v) is 6.18. The fraction of sp³-hybridized carbons (Fsp3) is 0.323. The van der Waals surface area contributed by atoms with E-state index in [-0.39, 0.29) is 41.9 Å². The molecule has 1 atom stereocenters. The predicted octanol–water partition coefficient (Wildman–Crippen LogP) is 5.58. The van der Waals surface area contributed by atoms with Gasteiger partial charge in [-0.3, -0.25) is 19.3 Å². The summed E-state index contributed by atoms with van der Waals surface area (Å²) in [6.45, 7) is 0.697. The number of alkyl halides is 3. The molecule has 0 radical (unpaired) electrons. The van der Waals surface area contributed by atoms with Crippen LogP contribution in [0.25, 0.3) is 11.1 Å². The van der Waals surface area contributed by atoms with Crippen molar-refractivity contribution in [3.05, 3.63) is 88.0 Å². The summed E-state index contributed by atoms with van der Waals surface area (Å²) in [7, 11) is 0. The molecule has 3 aromatic rings. The Morgan fingerprint density at radius 3 is 2.24 bits per heavy atom.